The predicted molar refractivity (Wildman–Crippen MR) is 185 cm³/mol. The number of nitrogens with zero attached hydrogens (tertiary/aromatic N) is 2. The highest BCUT2D eigenvalue weighted by molar-refractivity contribution is 7.92. The molecular formula is C36H55N3O7S. The number of anilines is 1. The van der Waals surface area contributed by atoms with Crippen molar-refractivity contribution < 1.29 is 32.5 Å². The van der Waals surface area contributed by atoms with E-state index in [4.69, 9.17) is 14.2 Å². The van der Waals surface area contributed by atoms with Crippen LogP contribution in [-0.4, -0.2) is 94.5 Å². The Kier molecular flexibility index (Phi) is 13.8. The second-order valence-corrected chi connectivity index (χ2v) is 15.2. The summed E-state index contributed by atoms with van der Waals surface area (Å²) in [6.45, 7) is 8.48. The molecule has 2 aromatic rings. The highest BCUT2D eigenvalue weighted by atomic mass is 32.2. The minimum atomic E-state index is -3.95. The van der Waals surface area contributed by atoms with Crippen LogP contribution in [0.4, 0.5) is 5.69 Å². The zero-order chi connectivity index (χ0) is 34.0. The summed E-state index contributed by atoms with van der Waals surface area (Å²) in [6.07, 6.45) is 8.82. The summed E-state index contributed by atoms with van der Waals surface area (Å²) in [5.74, 6) is 1.28. The van der Waals surface area contributed by atoms with Crippen molar-refractivity contribution in [3.63, 3.8) is 0 Å². The zero-order valence-electron chi connectivity index (χ0n) is 28.8. The van der Waals surface area contributed by atoms with Crippen molar-refractivity contribution in [2.75, 3.05) is 51.7 Å². The third kappa shape index (κ3) is 10.6. The van der Waals surface area contributed by atoms with Gasteiger partial charge in [0.15, 0.2) is 0 Å². The Morgan fingerprint density at radius 2 is 1.72 bits per heavy atom. The fourth-order valence-electron chi connectivity index (χ4n) is 6.61. The van der Waals surface area contributed by atoms with E-state index < -0.39 is 16.1 Å². The predicted octanol–water partition coefficient (Wildman–Crippen LogP) is 5.80. The minimum Gasteiger partial charge on any atom is -0.497 e. The van der Waals surface area contributed by atoms with Gasteiger partial charge in [0.2, 0.25) is 0 Å². The number of hydrogen-bond donors (Lipinski definition) is 2. The van der Waals surface area contributed by atoms with Crippen molar-refractivity contribution in [2.45, 2.75) is 95.3 Å². The summed E-state index contributed by atoms with van der Waals surface area (Å²) in [6, 6.07) is 10.4. The summed E-state index contributed by atoms with van der Waals surface area (Å²) in [5, 5.41) is 10.3. The molecule has 1 amide bonds. The third-order valence-electron chi connectivity index (χ3n) is 9.46. The first-order valence-corrected chi connectivity index (χ1v) is 18.7. The van der Waals surface area contributed by atoms with Crippen LogP contribution in [0.1, 0.15) is 82.5 Å². The van der Waals surface area contributed by atoms with E-state index in [1.807, 2.05) is 13.8 Å². The molecule has 4 rings (SSSR count). The van der Waals surface area contributed by atoms with Gasteiger partial charge in [-0.05, 0) is 101 Å². The lowest BCUT2D eigenvalue weighted by atomic mass is 9.89. The average molecular weight is 674 g/mol. The minimum absolute atomic E-state index is 0.0234. The zero-order valence-corrected chi connectivity index (χ0v) is 29.6. The Morgan fingerprint density at radius 3 is 2.40 bits per heavy atom. The molecule has 262 valence electrons. The lowest BCUT2D eigenvalue weighted by Crippen LogP contribution is -2.47. The Hall–Kier alpha value is -2.86. The summed E-state index contributed by atoms with van der Waals surface area (Å²) in [4.78, 5) is 18.5. The van der Waals surface area contributed by atoms with Crippen LogP contribution in [0, 0.1) is 11.8 Å². The molecule has 47 heavy (non-hydrogen) atoms. The SMILES string of the molecule is COc1ccc(S(=O)(=O)Nc2ccc3c(c2)C(=O)N([C@H](C)CO)C[C@H](C)[C@@H](CN(C)CC2CCCCC2)OCCCC[C@@H](C)O3)cc1. The van der Waals surface area contributed by atoms with Gasteiger partial charge in [-0.3, -0.25) is 9.52 Å². The van der Waals surface area contributed by atoms with E-state index in [2.05, 4.69) is 23.6 Å². The van der Waals surface area contributed by atoms with Gasteiger partial charge >= 0.3 is 0 Å². The molecule has 10 nitrogen and oxygen atoms in total. The van der Waals surface area contributed by atoms with Crippen LogP contribution in [0.2, 0.25) is 0 Å². The summed E-state index contributed by atoms with van der Waals surface area (Å²) in [7, 11) is -0.266. The van der Waals surface area contributed by atoms with E-state index in [1.165, 1.54) is 57.4 Å². The van der Waals surface area contributed by atoms with E-state index >= 15 is 0 Å². The standard InChI is InChI=1S/C36H55N3O7S/c1-26-22-39(27(2)25-40)36(41)33-21-30(37-47(42,43)32-17-15-31(44-5)16-18-32)14-19-34(33)46-28(3)11-9-10-20-45-35(26)24-38(4)23-29-12-7-6-8-13-29/h14-19,21,26-29,35,37,40H,6-13,20,22-25H2,1-5H3/t26-,27+,28+,35+/m0/s1. The van der Waals surface area contributed by atoms with Crippen LogP contribution in [0.3, 0.4) is 0 Å². The number of nitrogens with one attached hydrogen (secondary N) is 1. The molecule has 0 saturated heterocycles. The van der Waals surface area contributed by atoms with Crippen molar-refractivity contribution in [2.24, 2.45) is 11.8 Å². The number of hydrogen-bond acceptors (Lipinski definition) is 8. The number of benzene rings is 2. The number of ether oxygens (including phenoxy) is 3. The van der Waals surface area contributed by atoms with Gasteiger partial charge in [0.05, 0.1) is 42.4 Å². The lowest BCUT2D eigenvalue weighted by Gasteiger charge is -2.36. The van der Waals surface area contributed by atoms with Crippen molar-refractivity contribution in [3.8, 4) is 11.5 Å². The first kappa shape index (κ1) is 37.0. The number of methoxy groups -OCH3 is 1. The lowest BCUT2D eigenvalue weighted by molar-refractivity contribution is -0.0190. The molecule has 0 aromatic heterocycles. The Bertz CT molecular complexity index is 1380. The van der Waals surface area contributed by atoms with Gasteiger partial charge in [-0.25, -0.2) is 8.42 Å². The maximum atomic E-state index is 14.4. The largest absolute Gasteiger partial charge is 0.497 e. The second kappa shape index (κ2) is 17.5. The monoisotopic (exact) mass is 673 g/mol. The van der Waals surface area contributed by atoms with Crippen molar-refractivity contribution in [1.29, 1.82) is 0 Å². The van der Waals surface area contributed by atoms with Crippen molar-refractivity contribution in [3.05, 3.63) is 48.0 Å². The number of aliphatic hydroxyl groups excluding tert-OH is 1. The number of carbonyl (C=O) groups excluding carboxylic acids is 1. The average Bonchev–Trinajstić information content (AvgIpc) is 3.06. The number of carbonyl (C=O) groups is 1. The molecule has 1 saturated carbocycles. The molecular weight excluding hydrogens is 618 g/mol. The fraction of sp³-hybridized carbons (Fsp3) is 0.639. The van der Waals surface area contributed by atoms with Crippen molar-refractivity contribution >= 4 is 21.6 Å². The van der Waals surface area contributed by atoms with Crippen LogP contribution in [0.15, 0.2) is 47.4 Å². The molecule has 0 unspecified atom stereocenters. The van der Waals surface area contributed by atoms with Gasteiger partial charge in [-0.1, -0.05) is 26.2 Å². The molecule has 1 heterocycles. The van der Waals surface area contributed by atoms with Crippen LogP contribution in [0.5, 0.6) is 11.5 Å². The quantitative estimate of drug-likeness (QED) is 0.325. The Morgan fingerprint density at radius 1 is 1.02 bits per heavy atom. The Balaban J connectivity index is 1.61. The van der Waals surface area contributed by atoms with Crippen LogP contribution in [-0.2, 0) is 14.8 Å². The second-order valence-electron chi connectivity index (χ2n) is 13.5. The number of fused-ring (bicyclic) bond motifs is 1. The van der Waals surface area contributed by atoms with Crippen LogP contribution >= 0.6 is 0 Å². The number of likely N-dealkylation sites (N-methyl/N-ethyl adjacent to an activating group) is 1. The normalized spacial score (nSPS) is 23.0. The summed E-state index contributed by atoms with van der Waals surface area (Å²) in [5.41, 5.74) is 0.476. The van der Waals surface area contributed by atoms with E-state index in [1.54, 1.807) is 29.2 Å². The van der Waals surface area contributed by atoms with Gasteiger partial charge in [-0.2, -0.15) is 0 Å². The van der Waals surface area contributed by atoms with Gasteiger partial charge in [0.25, 0.3) is 15.9 Å². The molecule has 2 aliphatic rings. The number of sulfonamides is 1. The van der Waals surface area contributed by atoms with Crippen LogP contribution < -0.4 is 14.2 Å². The van der Waals surface area contributed by atoms with Gasteiger partial charge in [-0.15, -0.1) is 0 Å². The summed E-state index contributed by atoms with van der Waals surface area (Å²) >= 11 is 0. The van der Waals surface area contributed by atoms with E-state index in [-0.39, 0.29) is 46.8 Å². The van der Waals surface area contributed by atoms with E-state index in [0.717, 1.165) is 32.4 Å². The van der Waals surface area contributed by atoms with Gasteiger partial charge in [0.1, 0.15) is 11.5 Å². The maximum absolute atomic E-state index is 14.4. The summed E-state index contributed by atoms with van der Waals surface area (Å²) < 4.78 is 47.1. The number of rotatable bonds is 10. The van der Waals surface area contributed by atoms with Gasteiger partial charge < -0.3 is 29.1 Å². The molecule has 4 atom stereocenters. The Labute approximate surface area is 281 Å². The fourth-order valence-corrected chi connectivity index (χ4v) is 7.66. The first-order chi connectivity index (χ1) is 22.5. The van der Waals surface area contributed by atoms with E-state index in [9.17, 15) is 18.3 Å². The maximum Gasteiger partial charge on any atom is 0.261 e. The number of amides is 1. The molecule has 11 heteroatoms. The first-order valence-electron chi connectivity index (χ1n) is 17.2. The molecule has 1 aliphatic heterocycles. The highest BCUT2D eigenvalue weighted by Gasteiger charge is 2.31. The highest BCUT2D eigenvalue weighted by Crippen LogP contribution is 2.30. The van der Waals surface area contributed by atoms with Crippen LogP contribution in [0.25, 0.3) is 0 Å². The molecule has 2 N–H and O–H groups in total. The van der Waals surface area contributed by atoms with Gasteiger partial charge in [0, 0.05) is 37.8 Å². The molecule has 1 fully saturated rings. The van der Waals surface area contributed by atoms with E-state index in [0.29, 0.717) is 30.6 Å². The molecule has 0 bridgehead atoms. The molecule has 0 radical (unpaired) electrons. The molecule has 0 spiro atoms. The topological polar surface area (TPSA) is 118 Å². The molecule has 1 aliphatic carbocycles. The van der Waals surface area contributed by atoms with Crippen molar-refractivity contribution in [1.82, 2.24) is 9.80 Å². The number of aliphatic hydroxyl groups is 1. The third-order valence-corrected chi connectivity index (χ3v) is 10.9. The molecule has 2 aromatic carbocycles. The smallest absolute Gasteiger partial charge is 0.261 e.